The molecule has 2 atom stereocenters. The highest BCUT2D eigenvalue weighted by Gasteiger charge is 2.43. The van der Waals surface area contributed by atoms with Gasteiger partial charge in [0.25, 0.3) is 0 Å². The van der Waals surface area contributed by atoms with Crippen LogP contribution in [0.2, 0.25) is 0 Å². The lowest BCUT2D eigenvalue weighted by molar-refractivity contribution is 0.197. The Morgan fingerprint density at radius 2 is 1.68 bits per heavy atom. The maximum atomic E-state index is 5.87. The van der Waals surface area contributed by atoms with Gasteiger partial charge in [-0.2, -0.15) is 0 Å². The molecular weight excluding hydrogens is 364 g/mol. The molecule has 0 unspecified atom stereocenters. The highest BCUT2D eigenvalue weighted by molar-refractivity contribution is 7.80. The molecule has 1 saturated heterocycles. The number of nitrogens with one attached hydrogen (secondary N) is 1. The van der Waals surface area contributed by atoms with Gasteiger partial charge in [0.1, 0.15) is 0 Å². The second-order valence-corrected chi connectivity index (χ2v) is 9.04. The molecule has 3 heterocycles. The summed E-state index contributed by atoms with van der Waals surface area (Å²) in [6.07, 6.45) is 18.4. The molecule has 3 aliphatic rings. The molecule has 5 heteroatoms. The Balaban J connectivity index is 1.50. The van der Waals surface area contributed by atoms with Gasteiger partial charge < -0.3 is 14.8 Å². The van der Waals surface area contributed by atoms with Crippen molar-refractivity contribution < 1.29 is 0 Å². The molecule has 5 rings (SSSR count). The van der Waals surface area contributed by atoms with Crippen LogP contribution in [0.4, 0.5) is 0 Å². The predicted octanol–water partition coefficient (Wildman–Crippen LogP) is 5.30. The van der Waals surface area contributed by atoms with Crippen LogP contribution in [0, 0.1) is 0 Å². The third-order valence-electron chi connectivity index (χ3n) is 6.93. The van der Waals surface area contributed by atoms with Crippen LogP contribution >= 0.6 is 12.2 Å². The summed E-state index contributed by atoms with van der Waals surface area (Å²) in [5, 5.41) is 4.53. The zero-order valence-corrected chi connectivity index (χ0v) is 17.3. The topological polar surface area (TPSA) is 33.1 Å². The fraction of sp³-hybridized carbons (Fsp3) is 0.565. The average molecular weight is 395 g/mol. The second kappa shape index (κ2) is 7.86. The van der Waals surface area contributed by atoms with Crippen LogP contribution in [-0.2, 0) is 0 Å². The minimum Gasteiger partial charge on any atom is -0.352 e. The molecule has 3 fully saturated rings. The molecule has 1 N–H and O–H groups in total. The van der Waals surface area contributed by atoms with Crippen molar-refractivity contribution in [2.75, 3.05) is 0 Å². The lowest BCUT2D eigenvalue weighted by Gasteiger charge is -2.36. The minimum absolute atomic E-state index is 0.120. The SMILES string of the molecule is S=C1N[C@@H](c2ccccn2)[C@@H](c2ccn(C3CCCC3)c2)N1C1CCCCC1. The molecule has 148 valence electrons. The van der Waals surface area contributed by atoms with E-state index in [1.807, 2.05) is 12.3 Å². The highest BCUT2D eigenvalue weighted by atomic mass is 32.1. The Kier molecular flexibility index (Phi) is 5.10. The van der Waals surface area contributed by atoms with Gasteiger partial charge in [0.15, 0.2) is 5.11 Å². The van der Waals surface area contributed by atoms with Crippen molar-refractivity contribution in [2.45, 2.75) is 82.0 Å². The van der Waals surface area contributed by atoms with Crippen LogP contribution < -0.4 is 5.32 Å². The number of hydrogen-bond donors (Lipinski definition) is 1. The van der Waals surface area contributed by atoms with E-state index in [0.29, 0.717) is 12.1 Å². The molecule has 0 bridgehead atoms. The normalized spacial score (nSPS) is 26.7. The fourth-order valence-corrected chi connectivity index (χ4v) is 5.90. The highest BCUT2D eigenvalue weighted by Crippen LogP contribution is 2.43. The minimum atomic E-state index is 0.120. The van der Waals surface area contributed by atoms with Crippen molar-refractivity contribution in [3.8, 4) is 0 Å². The van der Waals surface area contributed by atoms with Crippen LogP contribution in [0.15, 0.2) is 42.9 Å². The molecule has 2 saturated carbocycles. The molecule has 4 nitrogen and oxygen atoms in total. The Morgan fingerprint density at radius 1 is 0.929 bits per heavy atom. The summed E-state index contributed by atoms with van der Waals surface area (Å²) in [5.74, 6) is 0. The Hall–Kier alpha value is -1.88. The maximum Gasteiger partial charge on any atom is 0.170 e. The van der Waals surface area contributed by atoms with Crippen LogP contribution in [-0.4, -0.2) is 25.6 Å². The predicted molar refractivity (Wildman–Crippen MR) is 116 cm³/mol. The molecule has 0 radical (unpaired) electrons. The van der Waals surface area contributed by atoms with Gasteiger partial charge in [-0.15, -0.1) is 0 Å². The van der Waals surface area contributed by atoms with Crippen LogP contribution in [0.5, 0.6) is 0 Å². The summed E-state index contributed by atoms with van der Waals surface area (Å²) in [5.41, 5.74) is 2.46. The summed E-state index contributed by atoms with van der Waals surface area (Å²) < 4.78 is 2.46. The van der Waals surface area contributed by atoms with Crippen LogP contribution in [0.3, 0.4) is 0 Å². The Morgan fingerprint density at radius 3 is 2.43 bits per heavy atom. The zero-order chi connectivity index (χ0) is 18.9. The van der Waals surface area contributed by atoms with E-state index in [1.165, 1.54) is 63.4 Å². The first-order chi connectivity index (χ1) is 13.8. The second-order valence-electron chi connectivity index (χ2n) is 8.66. The summed E-state index contributed by atoms with van der Waals surface area (Å²) in [6.45, 7) is 0. The van der Waals surface area contributed by atoms with Gasteiger partial charge in [0.2, 0.25) is 0 Å². The maximum absolute atomic E-state index is 5.87. The monoisotopic (exact) mass is 394 g/mol. The third kappa shape index (κ3) is 3.34. The molecule has 2 aliphatic carbocycles. The molecular formula is C23H30N4S. The first-order valence-corrected chi connectivity index (χ1v) is 11.4. The van der Waals surface area contributed by atoms with E-state index in [0.717, 1.165) is 10.8 Å². The van der Waals surface area contributed by atoms with E-state index in [2.05, 4.69) is 50.4 Å². The first-order valence-electron chi connectivity index (χ1n) is 11.0. The Labute approximate surface area is 173 Å². The quantitative estimate of drug-likeness (QED) is 0.713. The van der Waals surface area contributed by atoms with Crippen LogP contribution in [0.1, 0.15) is 87.2 Å². The smallest absolute Gasteiger partial charge is 0.170 e. The first kappa shape index (κ1) is 18.2. The summed E-state index contributed by atoms with van der Waals surface area (Å²) in [6, 6.07) is 10.1. The average Bonchev–Trinajstić information content (AvgIpc) is 3.48. The van der Waals surface area contributed by atoms with Crippen molar-refractivity contribution in [3.63, 3.8) is 0 Å². The molecule has 2 aromatic rings. The van der Waals surface area contributed by atoms with Gasteiger partial charge in [0.05, 0.1) is 17.8 Å². The lowest BCUT2D eigenvalue weighted by Crippen LogP contribution is -2.40. The van der Waals surface area contributed by atoms with Crippen molar-refractivity contribution >= 4 is 17.3 Å². The van der Waals surface area contributed by atoms with Crippen molar-refractivity contribution in [3.05, 3.63) is 54.1 Å². The van der Waals surface area contributed by atoms with Crippen LogP contribution in [0.25, 0.3) is 0 Å². The van der Waals surface area contributed by atoms with E-state index < -0.39 is 0 Å². The van der Waals surface area contributed by atoms with Gasteiger partial charge >= 0.3 is 0 Å². The van der Waals surface area contributed by atoms with E-state index >= 15 is 0 Å². The molecule has 28 heavy (non-hydrogen) atoms. The fourth-order valence-electron chi connectivity index (χ4n) is 5.51. The number of aromatic nitrogens is 2. The number of hydrogen-bond acceptors (Lipinski definition) is 2. The van der Waals surface area contributed by atoms with E-state index in [1.54, 1.807) is 0 Å². The Bertz CT molecular complexity index is 805. The number of pyridine rings is 1. The largest absolute Gasteiger partial charge is 0.352 e. The summed E-state index contributed by atoms with van der Waals surface area (Å²) in [4.78, 5) is 7.20. The van der Waals surface area contributed by atoms with Crippen molar-refractivity contribution in [1.82, 2.24) is 19.8 Å². The standard InChI is InChI=1S/C23H30N4S/c28-23-25-21(20-12-6-7-14-24-20)22(27(23)19-10-2-1-3-11-19)17-13-15-26(16-17)18-8-4-5-9-18/h6-7,12-16,18-19,21-22H,1-5,8-11H2,(H,25,28)/t21-,22+/m0/s1. The van der Waals surface area contributed by atoms with Gasteiger partial charge in [-0.3, -0.25) is 4.98 Å². The number of rotatable bonds is 4. The third-order valence-corrected chi connectivity index (χ3v) is 7.26. The number of thiocarbonyl (C=S) groups is 1. The van der Waals surface area contributed by atoms with Gasteiger partial charge in [0, 0.05) is 30.7 Å². The molecule has 0 aromatic carbocycles. The van der Waals surface area contributed by atoms with Gasteiger partial charge in [-0.25, -0.2) is 0 Å². The van der Waals surface area contributed by atoms with Gasteiger partial charge in [-0.1, -0.05) is 38.2 Å². The number of nitrogens with zero attached hydrogens (tertiary/aromatic N) is 3. The summed E-state index contributed by atoms with van der Waals surface area (Å²) >= 11 is 5.87. The molecule has 2 aromatic heterocycles. The van der Waals surface area contributed by atoms with Crippen molar-refractivity contribution in [2.24, 2.45) is 0 Å². The van der Waals surface area contributed by atoms with E-state index in [4.69, 9.17) is 12.2 Å². The molecule has 0 amide bonds. The lowest BCUT2D eigenvalue weighted by atomic mass is 9.91. The van der Waals surface area contributed by atoms with Crippen molar-refractivity contribution in [1.29, 1.82) is 0 Å². The zero-order valence-electron chi connectivity index (χ0n) is 16.5. The van der Waals surface area contributed by atoms with E-state index in [9.17, 15) is 0 Å². The molecule has 1 aliphatic heterocycles. The summed E-state index contributed by atoms with van der Waals surface area (Å²) in [7, 11) is 0. The molecule has 0 spiro atoms. The van der Waals surface area contributed by atoms with E-state index in [-0.39, 0.29) is 12.1 Å². The van der Waals surface area contributed by atoms with Gasteiger partial charge in [-0.05, 0) is 61.7 Å².